The van der Waals surface area contributed by atoms with Gasteiger partial charge in [0.1, 0.15) is 0 Å². The van der Waals surface area contributed by atoms with Crippen LogP contribution in [0.2, 0.25) is 0 Å². The van der Waals surface area contributed by atoms with Crippen molar-refractivity contribution in [2.45, 2.75) is 59.8 Å². The SMILES string of the molecule is CCCC(=O)C=C[C@H]1[C@@H](C)CCCC1(C)C. The van der Waals surface area contributed by atoms with Gasteiger partial charge in [0.2, 0.25) is 0 Å². The maximum absolute atomic E-state index is 11.5. The Bertz CT molecular complexity index is 263. The van der Waals surface area contributed by atoms with Crippen molar-refractivity contribution in [3.8, 4) is 0 Å². The zero-order chi connectivity index (χ0) is 12.2. The van der Waals surface area contributed by atoms with Crippen molar-refractivity contribution in [1.29, 1.82) is 0 Å². The van der Waals surface area contributed by atoms with E-state index in [2.05, 4.69) is 33.8 Å². The van der Waals surface area contributed by atoms with Gasteiger partial charge in [0, 0.05) is 6.42 Å². The minimum atomic E-state index is 0.288. The molecule has 0 saturated heterocycles. The van der Waals surface area contributed by atoms with Crippen molar-refractivity contribution in [3.63, 3.8) is 0 Å². The summed E-state index contributed by atoms with van der Waals surface area (Å²) in [6, 6.07) is 0. The Hall–Kier alpha value is -0.590. The molecule has 92 valence electrons. The molecule has 0 aromatic heterocycles. The zero-order valence-corrected chi connectivity index (χ0v) is 11.3. The molecule has 0 radical (unpaired) electrons. The standard InChI is InChI=1S/C15H26O/c1-5-7-13(16)9-10-14-12(2)8-6-11-15(14,3)4/h9-10,12,14H,5-8,11H2,1-4H3/t12-,14-/m0/s1. The van der Waals surface area contributed by atoms with Crippen molar-refractivity contribution in [2.24, 2.45) is 17.3 Å². The van der Waals surface area contributed by atoms with Crippen LogP contribution in [0.1, 0.15) is 59.8 Å². The number of carbonyl (C=O) groups excluding carboxylic acids is 1. The van der Waals surface area contributed by atoms with E-state index in [1.165, 1.54) is 19.3 Å². The Morgan fingerprint density at radius 3 is 2.69 bits per heavy atom. The number of hydrogen-bond acceptors (Lipinski definition) is 1. The third-order valence-electron chi connectivity index (χ3n) is 3.98. The number of rotatable bonds is 4. The summed E-state index contributed by atoms with van der Waals surface area (Å²) in [5.74, 6) is 1.58. The average molecular weight is 222 g/mol. The number of ketones is 1. The van der Waals surface area contributed by atoms with Crippen molar-refractivity contribution < 1.29 is 4.79 Å². The number of allylic oxidation sites excluding steroid dienone is 2. The van der Waals surface area contributed by atoms with Crippen LogP contribution in [0.15, 0.2) is 12.2 Å². The van der Waals surface area contributed by atoms with Gasteiger partial charge in [-0.2, -0.15) is 0 Å². The highest BCUT2D eigenvalue weighted by atomic mass is 16.1. The predicted molar refractivity (Wildman–Crippen MR) is 69.3 cm³/mol. The van der Waals surface area contributed by atoms with Gasteiger partial charge in [-0.15, -0.1) is 0 Å². The highest BCUT2D eigenvalue weighted by molar-refractivity contribution is 5.89. The van der Waals surface area contributed by atoms with Crippen LogP contribution in [0.25, 0.3) is 0 Å². The summed E-state index contributed by atoms with van der Waals surface area (Å²) in [6.07, 6.45) is 9.58. The van der Waals surface area contributed by atoms with E-state index in [1.54, 1.807) is 0 Å². The van der Waals surface area contributed by atoms with E-state index in [1.807, 2.05) is 6.08 Å². The number of hydrogen-bond donors (Lipinski definition) is 0. The molecule has 0 N–H and O–H groups in total. The van der Waals surface area contributed by atoms with Crippen molar-refractivity contribution in [3.05, 3.63) is 12.2 Å². The molecule has 0 aromatic rings. The van der Waals surface area contributed by atoms with E-state index < -0.39 is 0 Å². The normalized spacial score (nSPS) is 29.5. The molecule has 0 aliphatic heterocycles. The molecule has 2 atom stereocenters. The molecule has 0 amide bonds. The molecule has 0 unspecified atom stereocenters. The molecule has 1 aliphatic carbocycles. The lowest BCUT2D eigenvalue weighted by molar-refractivity contribution is -0.114. The van der Waals surface area contributed by atoms with E-state index in [9.17, 15) is 4.79 Å². The Balaban J connectivity index is 2.65. The Morgan fingerprint density at radius 1 is 1.44 bits per heavy atom. The van der Waals surface area contributed by atoms with Gasteiger partial charge in [0.05, 0.1) is 0 Å². The van der Waals surface area contributed by atoms with Crippen molar-refractivity contribution in [1.82, 2.24) is 0 Å². The first kappa shape index (κ1) is 13.5. The lowest BCUT2D eigenvalue weighted by Gasteiger charge is -2.41. The van der Waals surface area contributed by atoms with Crippen molar-refractivity contribution >= 4 is 5.78 Å². The van der Waals surface area contributed by atoms with Gasteiger partial charge in [-0.1, -0.05) is 46.6 Å². The Kier molecular flexibility index (Phi) is 4.76. The van der Waals surface area contributed by atoms with Gasteiger partial charge in [0.15, 0.2) is 5.78 Å². The molecule has 1 heteroatoms. The molecule has 0 bridgehead atoms. The quantitative estimate of drug-likeness (QED) is 0.645. The average Bonchev–Trinajstić information content (AvgIpc) is 2.16. The molecular formula is C15H26O. The van der Waals surface area contributed by atoms with Gasteiger partial charge in [0.25, 0.3) is 0 Å². The maximum Gasteiger partial charge on any atom is 0.155 e. The summed E-state index contributed by atoms with van der Waals surface area (Å²) in [6.45, 7) is 9.04. The highest BCUT2D eigenvalue weighted by Crippen LogP contribution is 2.44. The minimum absolute atomic E-state index is 0.288. The first-order chi connectivity index (χ1) is 7.47. The predicted octanol–water partition coefficient (Wildman–Crippen LogP) is 4.37. The summed E-state index contributed by atoms with van der Waals surface area (Å²) >= 11 is 0. The monoisotopic (exact) mass is 222 g/mol. The fourth-order valence-corrected chi connectivity index (χ4v) is 2.99. The fourth-order valence-electron chi connectivity index (χ4n) is 2.99. The van der Waals surface area contributed by atoms with Crippen LogP contribution in [0.4, 0.5) is 0 Å². The van der Waals surface area contributed by atoms with Crippen LogP contribution in [-0.2, 0) is 4.79 Å². The topological polar surface area (TPSA) is 17.1 Å². The molecule has 1 fully saturated rings. The maximum atomic E-state index is 11.5. The largest absolute Gasteiger partial charge is 0.295 e. The van der Waals surface area contributed by atoms with E-state index in [4.69, 9.17) is 0 Å². The van der Waals surface area contributed by atoms with Gasteiger partial charge >= 0.3 is 0 Å². The van der Waals surface area contributed by atoms with Gasteiger partial charge in [-0.3, -0.25) is 4.79 Å². The molecule has 1 nitrogen and oxygen atoms in total. The summed E-state index contributed by atoms with van der Waals surface area (Å²) in [5.41, 5.74) is 0.362. The third-order valence-corrected chi connectivity index (χ3v) is 3.98. The van der Waals surface area contributed by atoms with Gasteiger partial charge in [-0.25, -0.2) is 0 Å². The van der Waals surface area contributed by atoms with E-state index in [-0.39, 0.29) is 5.78 Å². The fraction of sp³-hybridized carbons (Fsp3) is 0.800. The molecule has 1 rings (SSSR count). The molecule has 0 spiro atoms. The van der Waals surface area contributed by atoms with Crippen LogP contribution >= 0.6 is 0 Å². The Labute approximate surface area is 100 Å². The molecular weight excluding hydrogens is 196 g/mol. The van der Waals surface area contributed by atoms with Crippen LogP contribution in [0.5, 0.6) is 0 Å². The summed E-state index contributed by atoms with van der Waals surface area (Å²) in [5, 5.41) is 0. The number of carbonyl (C=O) groups is 1. The lowest BCUT2D eigenvalue weighted by atomic mass is 9.64. The molecule has 1 aliphatic rings. The molecule has 0 aromatic carbocycles. The van der Waals surface area contributed by atoms with Crippen LogP contribution in [0, 0.1) is 17.3 Å². The highest BCUT2D eigenvalue weighted by Gasteiger charge is 2.34. The van der Waals surface area contributed by atoms with E-state index in [0.29, 0.717) is 17.8 Å². The lowest BCUT2D eigenvalue weighted by Crippen LogP contribution is -2.32. The van der Waals surface area contributed by atoms with E-state index in [0.717, 1.165) is 12.3 Å². The van der Waals surface area contributed by atoms with Gasteiger partial charge in [-0.05, 0) is 36.2 Å². The Morgan fingerprint density at radius 2 is 2.12 bits per heavy atom. The van der Waals surface area contributed by atoms with Crippen LogP contribution in [-0.4, -0.2) is 5.78 Å². The smallest absolute Gasteiger partial charge is 0.155 e. The van der Waals surface area contributed by atoms with Gasteiger partial charge < -0.3 is 0 Å². The minimum Gasteiger partial charge on any atom is -0.295 e. The summed E-state index contributed by atoms with van der Waals surface area (Å²) in [7, 11) is 0. The van der Waals surface area contributed by atoms with Crippen LogP contribution in [0.3, 0.4) is 0 Å². The second kappa shape index (κ2) is 5.65. The zero-order valence-electron chi connectivity index (χ0n) is 11.3. The summed E-state index contributed by atoms with van der Waals surface area (Å²) in [4.78, 5) is 11.5. The first-order valence-corrected chi connectivity index (χ1v) is 6.68. The molecule has 16 heavy (non-hydrogen) atoms. The van der Waals surface area contributed by atoms with Crippen LogP contribution < -0.4 is 0 Å². The van der Waals surface area contributed by atoms with Crippen molar-refractivity contribution in [2.75, 3.05) is 0 Å². The second-order valence-corrected chi connectivity index (χ2v) is 5.96. The van der Waals surface area contributed by atoms with E-state index >= 15 is 0 Å². The first-order valence-electron chi connectivity index (χ1n) is 6.68. The third kappa shape index (κ3) is 3.47. The second-order valence-electron chi connectivity index (χ2n) is 5.96. The molecule has 1 saturated carbocycles. The molecule has 0 heterocycles. The summed E-state index contributed by atoms with van der Waals surface area (Å²) < 4.78 is 0.